The molecule has 0 aliphatic carbocycles. The molecule has 0 aromatic heterocycles. The van der Waals surface area contributed by atoms with Gasteiger partial charge in [0.1, 0.15) is 5.60 Å². The fourth-order valence-electron chi connectivity index (χ4n) is 4.14. The van der Waals surface area contributed by atoms with Crippen LogP contribution in [0.4, 0.5) is 31.1 Å². The first-order valence-corrected chi connectivity index (χ1v) is 11.3. The van der Waals surface area contributed by atoms with Crippen molar-refractivity contribution in [3.63, 3.8) is 0 Å². The second-order valence-corrected chi connectivity index (χ2v) is 9.74. The molecule has 1 saturated heterocycles. The van der Waals surface area contributed by atoms with E-state index in [2.05, 4.69) is 5.48 Å². The van der Waals surface area contributed by atoms with Crippen LogP contribution in [0, 0.1) is 0 Å². The summed E-state index contributed by atoms with van der Waals surface area (Å²) in [6, 6.07) is 6.41. The van der Waals surface area contributed by atoms with E-state index in [4.69, 9.17) is 28.0 Å². The van der Waals surface area contributed by atoms with Crippen molar-refractivity contribution in [3.8, 4) is 0 Å². The smallest absolute Gasteiger partial charge is 0.381 e. The lowest BCUT2D eigenvalue weighted by atomic mass is 9.85. The van der Waals surface area contributed by atoms with Crippen molar-refractivity contribution in [1.29, 1.82) is 0 Å². The maximum atomic E-state index is 14.2. The average molecular weight is 570 g/mol. The zero-order valence-corrected chi connectivity index (χ0v) is 20.6. The average Bonchev–Trinajstić information content (AvgIpc) is 3.24. The highest BCUT2D eigenvalue weighted by Crippen LogP contribution is 2.50. The lowest BCUT2D eigenvalue weighted by Crippen LogP contribution is -2.63. The molecule has 2 N–H and O–H groups in total. The van der Waals surface area contributed by atoms with Gasteiger partial charge in [-0.25, -0.2) is 4.79 Å². The number of hydroxylamine groups is 1. The molecule has 2 aromatic rings. The predicted octanol–water partition coefficient (Wildman–Crippen LogP) is 5.53. The van der Waals surface area contributed by atoms with Gasteiger partial charge in [0.05, 0.1) is 34.4 Å². The van der Waals surface area contributed by atoms with Crippen molar-refractivity contribution < 1.29 is 41.1 Å². The van der Waals surface area contributed by atoms with Crippen LogP contribution in [0.2, 0.25) is 10.0 Å². The molecule has 2 aromatic carbocycles. The van der Waals surface area contributed by atoms with Gasteiger partial charge in [0.25, 0.3) is 0 Å². The van der Waals surface area contributed by atoms with Crippen LogP contribution < -0.4 is 5.48 Å². The summed E-state index contributed by atoms with van der Waals surface area (Å²) in [5.41, 5.74) is -4.48. The van der Waals surface area contributed by atoms with Crippen LogP contribution in [0.3, 0.4) is 0 Å². The van der Waals surface area contributed by atoms with Gasteiger partial charge in [-0.1, -0.05) is 47.5 Å². The van der Waals surface area contributed by atoms with E-state index in [-0.39, 0.29) is 36.4 Å². The van der Waals surface area contributed by atoms with Crippen LogP contribution in [0.1, 0.15) is 22.3 Å². The summed E-state index contributed by atoms with van der Waals surface area (Å²) in [5, 5.41) is 9.13. The molecule has 14 heteroatoms. The summed E-state index contributed by atoms with van der Waals surface area (Å²) in [4.78, 5) is 19.7. The SMILES string of the molecule is CN(C)C(=O)N1CC(O)(c2ccc(C3=CC(c4cc(Cl)c(Cl)c(C(F)(F)F)c4)(C(F)(F)F)ON3)cc2)C1. The monoisotopic (exact) mass is 569 g/mol. The summed E-state index contributed by atoms with van der Waals surface area (Å²) >= 11 is 11.3. The number of β-amino-alcohol motifs (C(OH)–C–C–N with tert-alkyl or cyclic N) is 1. The molecule has 4 rings (SSSR count). The largest absolute Gasteiger partial charge is 0.428 e. The lowest BCUT2D eigenvalue weighted by molar-refractivity contribution is -0.269. The first kappa shape index (κ1) is 27.4. The number of benzene rings is 2. The van der Waals surface area contributed by atoms with Gasteiger partial charge in [-0.05, 0) is 29.3 Å². The second-order valence-electron chi connectivity index (χ2n) is 8.95. The Labute approximate surface area is 216 Å². The minimum Gasteiger partial charge on any atom is -0.381 e. The van der Waals surface area contributed by atoms with Crippen LogP contribution in [0.5, 0.6) is 0 Å². The van der Waals surface area contributed by atoms with Gasteiger partial charge in [0.2, 0.25) is 5.60 Å². The number of halogens is 8. The van der Waals surface area contributed by atoms with E-state index in [1.807, 2.05) is 0 Å². The Morgan fingerprint density at radius 1 is 1.05 bits per heavy atom. The van der Waals surface area contributed by atoms with Crippen LogP contribution in [-0.4, -0.2) is 54.3 Å². The first-order chi connectivity index (χ1) is 17.0. The van der Waals surface area contributed by atoms with Gasteiger partial charge in [-0.3, -0.25) is 10.3 Å². The molecule has 0 radical (unpaired) electrons. The quantitative estimate of drug-likeness (QED) is 0.477. The molecule has 1 unspecified atom stereocenters. The maximum Gasteiger partial charge on any atom is 0.428 e. The lowest BCUT2D eigenvalue weighted by Gasteiger charge is -2.47. The van der Waals surface area contributed by atoms with E-state index in [1.54, 1.807) is 14.1 Å². The highest BCUT2D eigenvalue weighted by atomic mass is 35.5. The molecule has 6 nitrogen and oxygen atoms in total. The van der Waals surface area contributed by atoms with Crippen LogP contribution in [-0.2, 0) is 22.2 Å². The zero-order chi connectivity index (χ0) is 27.6. The second kappa shape index (κ2) is 8.97. The number of likely N-dealkylation sites (tertiary alicyclic amines) is 1. The van der Waals surface area contributed by atoms with E-state index < -0.39 is 44.7 Å². The molecule has 37 heavy (non-hydrogen) atoms. The van der Waals surface area contributed by atoms with E-state index in [9.17, 15) is 36.2 Å². The number of amides is 2. The van der Waals surface area contributed by atoms with Crippen molar-refractivity contribution in [3.05, 3.63) is 74.8 Å². The number of carbonyl (C=O) groups is 1. The molecule has 0 spiro atoms. The summed E-state index contributed by atoms with van der Waals surface area (Å²) in [6.45, 7) is 0.0624. The van der Waals surface area contributed by atoms with E-state index in [0.717, 1.165) is 0 Å². The van der Waals surface area contributed by atoms with Gasteiger partial charge in [-0.2, -0.15) is 26.3 Å². The predicted molar refractivity (Wildman–Crippen MR) is 122 cm³/mol. The van der Waals surface area contributed by atoms with E-state index >= 15 is 0 Å². The summed E-state index contributed by atoms with van der Waals surface area (Å²) in [7, 11) is 3.14. The Kier molecular flexibility index (Phi) is 6.63. The van der Waals surface area contributed by atoms with Crippen LogP contribution in [0.15, 0.2) is 42.5 Å². The van der Waals surface area contributed by atoms with Crippen molar-refractivity contribution in [2.75, 3.05) is 27.2 Å². The molecule has 2 amide bonds. The summed E-state index contributed by atoms with van der Waals surface area (Å²) < 4.78 is 82.9. The topological polar surface area (TPSA) is 65.0 Å². The van der Waals surface area contributed by atoms with E-state index in [1.165, 1.54) is 34.1 Å². The Bertz CT molecular complexity index is 1260. The minimum absolute atomic E-state index is 0.0312. The number of carbonyl (C=O) groups excluding carboxylic acids is 1. The molecule has 0 saturated carbocycles. The number of nitrogens with one attached hydrogen (secondary N) is 1. The van der Waals surface area contributed by atoms with Crippen molar-refractivity contribution in [1.82, 2.24) is 15.3 Å². The number of urea groups is 1. The normalized spacial score (nSPS) is 21.3. The zero-order valence-electron chi connectivity index (χ0n) is 19.1. The number of rotatable bonds is 3. The molecule has 1 fully saturated rings. The third-order valence-electron chi connectivity index (χ3n) is 6.14. The fraction of sp³-hybridized carbons (Fsp3) is 0.348. The minimum atomic E-state index is -5.19. The third kappa shape index (κ3) is 4.71. The van der Waals surface area contributed by atoms with Gasteiger partial charge >= 0.3 is 18.4 Å². The molecule has 2 heterocycles. The van der Waals surface area contributed by atoms with Crippen LogP contribution in [0.25, 0.3) is 5.70 Å². The fourth-order valence-corrected chi connectivity index (χ4v) is 4.58. The van der Waals surface area contributed by atoms with Gasteiger partial charge in [-0.15, -0.1) is 0 Å². The summed E-state index contributed by atoms with van der Waals surface area (Å²) in [6.07, 6.45) is -9.64. The standard InChI is InChI=1S/C23H19Cl2F6N3O3/c1-33(2)19(35)34-10-20(36,11-34)13-5-3-12(4-6-13)17-9-21(37-32-17,23(29,30)31)14-7-15(22(26,27)28)18(25)16(24)8-14/h3-9,32,36H,10-11H2,1-2H3. The Morgan fingerprint density at radius 3 is 2.16 bits per heavy atom. The van der Waals surface area contributed by atoms with Crippen molar-refractivity contribution in [2.24, 2.45) is 0 Å². The number of hydrogen-bond acceptors (Lipinski definition) is 4. The molecule has 0 bridgehead atoms. The van der Waals surface area contributed by atoms with Gasteiger partial charge < -0.3 is 14.9 Å². The maximum absolute atomic E-state index is 14.2. The first-order valence-electron chi connectivity index (χ1n) is 10.6. The summed E-state index contributed by atoms with van der Waals surface area (Å²) in [5.74, 6) is 0. The molecule has 2 aliphatic rings. The van der Waals surface area contributed by atoms with Crippen molar-refractivity contribution >= 4 is 34.9 Å². The molecular weight excluding hydrogens is 551 g/mol. The van der Waals surface area contributed by atoms with Crippen LogP contribution >= 0.6 is 23.2 Å². The number of alkyl halides is 6. The highest BCUT2D eigenvalue weighted by Gasteiger charge is 2.60. The highest BCUT2D eigenvalue weighted by molar-refractivity contribution is 6.42. The third-order valence-corrected chi connectivity index (χ3v) is 6.95. The molecular formula is C23H19Cl2F6N3O3. The van der Waals surface area contributed by atoms with Crippen molar-refractivity contribution in [2.45, 2.75) is 23.6 Å². The number of aliphatic hydroxyl groups is 1. The number of nitrogens with zero attached hydrogens (tertiary/aromatic N) is 2. The number of hydrogen-bond donors (Lipinski definition) is 2. The Hall–Kier alpha value is -2.67. The van der Waals surface area contributed by atoms with Gasteiger partial charge in [0, 0.05) is 19.7 Å². The molecule has 200 valence electrons. The molecule has 1 atom stereocenters. The molecule has 2 aliphatic heterocycles. The Morgan fingerprint density at radius 2 is 1.65 bits per heavy atom. The van der Waals surface area contributed by atoms with E-state index in [0.29, 0.717) is 17.7 Å². The Balaban J connectivity index is 1.67. The van der Waals surface area contributed by atoms with Gasteiger partial charge in [0.15, 0.2) is 0 Å².